The van der Waals surface area contributed by atoms with Gasteiger partial charge in [0.25, 0.3) is 11.9 Å². The van der Waals surface area contributed by atoms with Gasteiger partial charge in [0.2, 0.25) is 0 Å². The third kappa shape index (κ3) is 3.86. The third-order valence-corrected chi connectivity index (χ3v) is 4.67. The second-order valence-electron chi connectivity index (χ2n) is 6.32. The summed E-state index contributed by atoms with van der Waals surface area (Å²) >= 11 is 0. The van der Waals surface area contributed by atoms with E-state index in [-0.39, 0.29) is 18.7 Å². The van der Waals surface area contributed by atoms with Crippen LogP contribution in [0.5, 0.6) is 0 Å². The van der Waals surface area contributed by atoms with Crippen molar-refractivity contribution in [1.82, 2.24) is 9.96 Å². The number of rotatable bonds is 4. The summed E-state index contributed by atoms with van der Waals surface area (Å²) in [6.07, 6.45) is 1.39. The van der Waals surface area contributed by atoms with Gasteiger partial charge in [0.15, 0.2) is 0 Å². The molecule has 0 saturated heterocycles. The maximum absolute atomic E-state index is 12.3. The molecule has 6 heteroatoms. The number of hydrogen-bond donors (Lipinski definition) is 2. The van der Waals surface area contributed by atoms with Gasteiger partial charge in [-0.3, -0.25) is 14.9 Å². The Hall–Kier alpha value is -2.31. The number of aliphatic hydroxyl groups is 1. The molecule has 25 heavy (non-hydrogen) atoms. The van der Waals surface area contributed by atoms with E-state index in [9.17, 15) is 15.1 Å². The van der Waals surface area contributed by atoms with E-state index in [1.54, 1.807) is 6.92 Å². The van der Waals surface area contributed by atoms with Crippen LogP contribution in [0.4, 0.5) is 0 Å². The molecule has 0 atom stereocenters. The van der Waals surface area contributed by atoms with Crippen LogP contribution in [0.1, 0.15) is 25.3 Å². The van der Waals surface area contributed by atoms with Gasteiger partial charge in [-0.2, -0.15) is 0 Å². The maximum Gasteiger partial charge on any atom is 0.290 e. The smallest absolute Gasteiger partial charge is 0.290 e. The van der Waals surface area contributed by atoms with Gasteiger partial charge in [-0.25, -0.2) is 5.06 Å². The van der Waals surface area contributed by atoms with Crippen LogP contribution in [0.2, 0.25) is 0 Å². The quantitative estimate of drug-likeness (QED) is 0.499. The van der Waals surface area contributed by atoms with Gasteiger partial charge in [0.05, 0.1) is 13.2 Å². The standard InChI is InChI=1S/C19H24N2O4/c1-2-25-19(23)17-16-9-11-20(12-14-6-4-3-5-7-14)10-8-15(16)13-21(24)18(17)22/h3-7,23-24H,2,8-13H2,1H3. The summed E-state index contributed by atoms with van der Waals surface area (Å²) in [6, 6.07) is 10.3. The van der Waals surface area contributed by atoms with Crippen molar-refractivity contribution in [3.63, 3.8) is 0 Å². The first-order chi connectivity index (χ1) is 12.1. The Bertz CT molecular complexity index is 697. The summed E-state index contributed by atoms with van der Waals surface area (Å²) in [4.78, 5) is 14.6. The van der Waals surface area contributed by atoms with E-state index in [0.717, 1.165) is 37.2 Å². The highest BCUT2D eigenvalue weighted by molar-refractivity contribution is 5.99. The zero-order valence-electron chi connectivity index (χ0n) is 14.4. The zero-order valence-corrected chi connectivity index (χ0v) is 14.4. The molecular formula is C19H24N2O4. The SMILES string of the molecule is CCOC(O)=C1C(=O)N(O)CC2=C1CCN(Cc1ccccc1)CC2. The number of amides is 1. The fourth-order valence-electron chi connectivity index (χ4n) is 3.42. The van der Waals surface area contributed by atoms with Crippen LogP contribution in [0.15, 0.2) is 53.0 Å². The number of aliphatic hydroxyl groups excluding tert-OH is 1. The third-order valence-electron chi connectivity index (χ3n) is 4.67. The summed E-state index contributed by atoms with van der Waals surface area (Å²) in [5.74, 6) is -0.989. The van der Waals surface area contributed by atoms with Crippen LogP contribution in [0.3, 0.4) is 0 Å². The molecule has 1 aromatic carbocycles. The lowest BCUT2D eigenvalue weighted by Gasteiger charge is -2.27. The Labute approximate surface area is 147 Å². The molecule has 0 fully saturated rings. The number of hydrogen-bond acceptors (Lipinski definition) is 5. The Balaban J connectivity index is 1.80. The Kier molecular flexibility index (Phi) is 5.40. The molecule has 0 bridgehead atoms. The summed E-state index contributed by atoms with van der Waals surface area (Å²) in [6.45, 7) is 4.67. The van der Waals surface area contributed by atoms with Gasteiger partial charge in [0.1, 0.15) is 5.57 Å². The van der Waals surface area contributed by atoms with Crippen molar-refractivity contribution in [3.05, 3.63) is 58.6 Å². The molecule has 2 aliphatic heterocycles. The molecule has 3 rings (SSSR count). The van der Waals surface area contributed by atoms with Gasteiger partial charge < -0.3 is 9.84 Å². The predicted molar refractivity (Wildman–Crippen MR) is 92.8 cm³/mol. The van der Waals surface area contributed by atoms with Crippen molar-refractivity contribution in [2.45, 2.75) is 26.3 Å². The van der Waals surface area contributed by atoms with Crippen LogP contribution in [0, 0.1) is 0 Å². The molecule has 0 aliphatic carbocycles. The molecule has 0 unspecified atom stereocenters. The van der Waals surface area contributed by atoms with Gasteiger partial charge in [0, 0.05) is 19.6 Å². The average Bonchev–Trinajstić information content (AvgIpc) is 2.80. The lowest BCUT2D eigenvalue weighted by atomic mass is 9.92. The van der Waals surface area contributed by atoms with E-state index in [4.69, 9.17) is 4.74 Å². The van der Waals surface area contributed by atoms with E-state index in [1.807, 2.05) is 18.2 Å². The topological polar surface area (TPSA) is 73.2 Å². The highest BCUT2D eigenvalue weighted by Gasteiger charge is 2.34. The van der Waals surface area contributed by atoms with Crippen LogP contribution in [0.25, 0.3) is 0 Å². The maximum atomic E-state index is 12.3. The molecule has 2 heterocycles. The van der Waals surface area contributed by atoms with Crippen LogP contribution >= 0.6 is 0 Å². The molecule has 1 amide bonds. The second-order valence-corrected chi connectivity index (χ2v) is 6.32. The highest BCUT2D eigenvalue weighted by Crippen LogP contribution is 2.32. The first kappa shape index (κ1) is 17.5. The fourth-order valence-corrected chi connectivity index (χ4v) is 3.42. The van der Waals surface area contributed by atoms with Crippen molar-refractivity contribution in [2.24, 2.45) is 0 Å². The van der Waals surface area contributed by atoms with Crippen molar-refractivity contribution in [1.29, 1.82) is 0 Å². The molecule has 134 valence electrons. The first-order valence-corrected chi connectivity index (χ1v) is 8.64. The van der Waals surface area contributed by atoms with Crippen molar-refractivity contribution in [2.75, 3.05) is 26.2 Å². The second kappa shape index (κ2) is 7.72. The molecule has 6 nitrogen and oxygen atoms in total. The number of carbonyl (C=O) groups is 1. The molecular weight excluding hydrogens is 320 g/mol. The van der Waals surface area contributed by atoms with Crippen molar-refractivity contribution >= 4 is 5.91 Å². The Morgan fingerprint density at radius 1 is 1.20 bits per heavy atom. The Morgan fingerprint density at radius 3 is 2.64 bits per heavy atom. The van der Waals surface area contributed by atoms with E-state index in [1.165, 1.54) is 5.56 Å². The largest absolute Gasteiger partial charge is 0.480 e. The van der Waals surface area contributed by atoms with Gasteiger partial charge in [-0.15, -0.1) is 0 Å². The van der Waals surface area contributed by atoms with Gasteiger partial charge in [-0.05, 0) is 36.5 Å². The summed E-state index contributed by atoms with van der Waals surface area (Å²) in [5, 5.41) is 20.7. The van der Waals surface area contributed by atoms with Gasteiger partial charge >= 0.3 is 0 Å². The van der Waals surface area contributed by atoms with Crippen molar-refractivity contribution in [3.8, 4) is 0 Å². The molecule has 0 saturated carbocycles. The van der Waals surface area contributed by atoms with Crippen LogP contribution < -0.4 is 0 Å². The van der Waals surface area contributed by atoms with Crippen LogP contribution in [-0.2, 0) is 16.1 Å². The lowest BCUT2D eigenvalue weighted by molar-refractivity contribution is -0.160. The van der Waals surface area contributed by atoms with Crippen molar-refractivity contribution < 1.29 is 19.8 Å². The molecule has 2 N–H and O–H groups in total. The number of nitrogens with zero attached hydrogens (tertiary/aromatic N) is 2. The zero-order chi connectivity index (χ0) is 17.8. The predicted octanol–water partition coefficient (Wildman–Crippen LogP) is 2.62. The number of benzene rings is 1. The fraction of sp³-hybridized carbons (Fsp3) is 0.421. The monoisotopic (exact) mass is 344 g/mol. The molecule has 0 radical (unpaired) electrons. The molecule has 2 aliphatic rings. The Morgan fingerprint density at radius 2 is 1.92 bits per heavy atom. The normalized spacial score (nSPS) is 21.0. The van der Waals surface area contributed by atoms with E-state index in [2.05, 4.69) is 17.0 Å². The number of ether oxygens (including phenoxy) is 1. The molecule has 1 aromatic rings. The number of carbonyl (C=O) groups excluding carboxylic acids is 1. The van der Waals surface area contributed by atoms with E-state index in [0.29, 0.717) is 11.5 Å². The minimum absolute atomic E-state index is 0.104. The molecule has 0 spiro atoms. The van der Waals surface area contributed by atoms with E-state index < -0.39 is 11.9 Å². The average molecular weight is 344 g/mol. The van der Waals surface area contributed by atoms with E-state index >= 15 is 0 Å². The van der Waals surface area contributed by atoms with Crippen LogP contribution in [-0.4, -0.2) is 52.4 Å². The minimum atomic E-state index is -0.596. The molecule has 0 aromatic heterocycles. The summed E-state index contributed by atoms with van der Waals surface area (Å²) in [7, 11) is 0. The van der Waals surface area contributed by atoms with Gasteiger partial charge in [-0.1, -0.05) is 30.3 Å². The summed E-state index contributed by atoms with van der Waals surface area (Å²) < 4.78 is 5.14. The summed E-state index contributed by atoms with van der Waals surface area (Å²) in [5.41, 5.74) is 3.15. The lowest BCUT2D eigenvalue weighted by Crippen LogP contribution is -2.37. The first-order valence-electron chi connectivity index (χ1n) is 8.64. The minimum Gasteiger partial charge on any atom is -0.480 e. The highest BCUT2D eigenvalue weighted by atomic mass is 16.6. The number of hydroxylamine groups is 2.